The van der Waals surface area contributed by atoms with Gasteiger partial charge in [0.2, 0.25) is 0 Å². The van der Waals surface area contributed by atoms with Crippen LogP contribution in [0.3, 0.4) is 0 Å². The maximum absolute atomic E-state index is 13.8. The van der Waals surface area contributed by atoms with Gasteiger partial charge in [-0.25, -0.2) is 14.4 Å². The minimum Gasteiger partial charge on any atom is -0.356 e. The fourth-order valence-electron chi connectivity index (χ4n) is 2.92. The normalized spacial score (nSPS) is 13.5. The van der Waals surface area contributed by atoms with Crippen LogP contribution in [-0.2, 0) is 6.42 Å². The van der Waals surface area contributed by atoms with Crippen molar-refractivity contribution in [2.24, 2.45) is 0 Å². The summed E-state index contributed by atoms with van der Waals surface area (Å²) in [5.41, 5.74) is 4.17. The highest BCUT2D eigenvalue weighted by Crippen LogP contribution is 2.26. The van der Waals surface area contributed by atoms with Gasteiger partial charge in [-0.15, -0.1) is 0 Å². The molecule has 120 valence electrons. The summed E-state index contributed by atoms with van der Waals surface area (Å²) < 4.78 is 13.8. The second kappa shape index (κ2) is 5.56. The summed E-state index contributed by atoms with van der Waals surface area (Å²) in [6.45, 7) is 2.34. The largest absolute Gasteiger partial charge is 0.356 e. The third-order valence-electron chi connectivity index (χ3n) is 4.24. The van der Waals surface area contributed by atoms with Crippen molar-refractivity contribution in [1.82, 2.24) is 20.3 Å². The van der Waals surface area contributed by atoms with Crippen LogP contribution in [0.2, 0.25) is 0 Å². The fraction of sp³-hybridized carbons (Fsp3) is 0.167. The number of carbonyl (C=O) groups excluding carboxylic acids is 1. The molecule has 0 unspecified atom stereocenters. The average molecular weight is 322 g/mol. The van der Waals surface area contributed by atoms with Gasteiger partial charge in [-0.3, -0.25) is 4.79 Å². The molecule has 2 aromatic heterocycles. The summed E-state index contributed by atoms with van der Waals surface area (Å²) in [5.74, 6) is 0.101. The van der Waals surface area contributed by atoms with Gasteiger partial charge in [0.15, 0.2) is 5.82 Å². The number of carbonyl (C=O) groups is 1. The zero-order valence-electron chi connectivity index (χ0n) is 13.1. The number of hydrogen-bond donors (Lipinski definition) is 2. The Kier molecular flexibility index (Phi) is 3.37. The average Bonchev–Trinajstić information content (AvgIpc) is 3.03. The molecule has 0 bridgehead atoms. The maximum Gasteiger partial charge on any atom is 0.253 e. The van der Waals surface area contributed by atoms with Crippen molar-refractivity contribution in [1.29, 1.82) is 0 Å². The van der Waals surface area contributed by atoms with Crippen molar-refractivity contribution in [2.75, 3.05) is 6.54 Å². The monoisotopic (exact) mass is 322 g/mol. The fourth-order valence-corrected chi connectivity index (χ4v) is 2.92. The molecule has 0 fully saturated rings. The minimum absolute atomic E-state index is 0.0750. The second-order valence-electron chi connectivity index (χ2n) is 5.76. The molecular weight excluding hydrogens is 307 g/mol. The molecule has 0 atom stereocenters. The summed E-state index contributed by atoms with van der Waals surface area (Å²) in [5, 5.41) is 2.82. The van der Waals surface area contributed by atoms with Crippen LogP contribution in [0.15, 0.2) is 36.5 Å². The van der Waals surface area contributed by atoms with Crippen LogP contribution in [0.25, 0.3) is 22.8 Å². The standard InChI is InChI=1S/C18H15FN4O/c1-10-11(3-2-4-13(10)19)17-20-7-6-15(23-17)16-9-12-14(22-16)5-8-21-18(12)24/h2-4,6-7,9,22H,5,8H2,1H3,(H,21,24). The van der Waals surface area contributed by atoms with Crippen LogP contribution in [-0.4, -0.2) is 27.4 Å². The molecule has 3 heterocycles. The van der Waals surface area contributed by atoms with E-state index in [2.05, 4.69) is 20.3 Å². The number of nitrogens with zero attached hydrogens (tertiary/aromatic N) is 2. The number of rotatable bonds is 2. The highest BCUT2D eigenvalue weighted by molar-refractivity contribution is 5.97. The SMILES string of the molecule is Cc1c(F)cccc1-c1nccc(-c2cc3c([nH]2)CCNC3=O)n1. The van der Waals surface area contributed by atoms with E-state index < -0.39 is 0 Å². The zero-order chi connectivity index (χ0) is 16.7. The number of fused-ring (bicyclic) bond motifs is 1. The van der Waals surface area contributed by atoms with E-state index in [1.165, 1.54) is 6.07 Å². The molecule has 24 heavy (non-hydrogen) atoms. The summed E-state index contributed by atoms with van der Waals surface area (Å²) >= 11 is 0. The van der Waals surface area contributed by atoms with E-state index in [9.17, 15) is 9.18 Å². The molecule has 6 heteroatoms. The Labute approximate surface area is 138 Å². The van der Waals surface area contributed by atoms with E-state index in [0.29, 0.717) is 34.8 Å². The first-order chi connectivity index (χ1) is 11.6. The first-order valence-electron chi connectivity index (χ1n) is 7.72. The molecule has 2 N–H and O–H groups in total. The van der Waals surface area contributed by atoms with Crippen LogP contribution in [0, 0.1) is 12.7 Å². The molecule has 4 rings (SSSR count). The molecular formula is C18H15FN4O. The van der Waals surface area contributed by atoms with E-state index in [1.807, 2.05) is 0 Å². The molecule has 0 aliphatic carbocycles. The molecule has 1 amide bonds. The van der Waals surface area contributed by atoms with Crippen molar-refractivity contribution >= 4 is 5.91 Å². The topological polar surface area (TPSA) is 70.7 Å². The Bertz CT molecular complexity index is 948. The Morgan fingerprint density at radius 3 is 2.92 bits per heavy atom. The molecule has 5 nitrogen and oxygen atoms in total. The second-order valence-corrected chi connectivity index (χ2v) is 5.76. The van der Waals surface area contributed by atoms with Crippen LogP contribution in [0.1, 0.15) is 21.6 Å². The van der Waals surface area contributed by atoms with Gasteiger partial charge in [-0.1, -0.05) is 12.1 Å². The Morgan fingerprint density at radius 1 is 1.21 bits per heavy atom. The van der Waals surface area contributed by atoms with Crippen LogP contribution < -0.4 is 5.32 Å². The van der Waals surface area contributed by atoms with E-state index in [4.69, 9.17) is 0 Å². The van der Waals surface area contributed by atoms with Crippen LogP contribution >= 0.6 is 0 Å². The molecule has 3 aromatic rings. The third kappa shape index (κ3) is 2.36. The number of H-pyrrole nitrogens is 1. The molecule has 1 aromatic carbocycles. The van der Waals surface area contributed by atoms with Gasteiger partial charge >= 0.3 is 0 Å². The number of amides is 1. The highest BCUT2D eigenvalue weighted by atomic mass is 19.1. The summed E-state index contributed by atoms with van der Waals surface area (Å²) in [4.78, 5) is 24.0. The van der Waals surface area contributed by atoms with E-state index >= 15 is 0 Å². The van der Waals surface area contributed by atoms with Gasteiger partial charge in [0.05, 0.1) is 17.0 Å². The van der Waals surface area contributed by atoms with Gasteiger partial charge in [0.25, 0.3) is 5.91 Å². The number of aromatic amines is 1. The summed E-state index contributed by atoms with van der Waals surface area (Å²) in [6, 6.07) is 8.43. The minimum atomic E-state index is -0.284. The van der Waals surface area contributed by atoms with Crippen molar-refractivity contribution in [3.63, 3.8) is 0 Å². The lowest BCUT2D eigenvalue weighted by Crippen LogP contribution is -2.31. The molecule has 0 saturated carbocycles. The molecule has 0 spiro atoms. The predicted molar refractivity (Wildman–Crippen MR) is 88.0 cm³/mol. The predicted octanol–water partition coefficient (Wildman–Crippen LogP) is 2.87. The quantitative estimate of drug-likeness (QED) is 0.762. The first kappa shape index (κ1) is 14.6. The van der Waals surface area contributed by atoms with Crippen LogP contribution in [0.5, 0.6) is 0 Å². The Morgan fingerprint density at radius 2 is 2.08 bits per heavy atom. The van der Waals surface area contributed by atoms with E-state index in [1.54, 1.807) is 37.4 Å². The lowest BCUT2D eigenvalue weighted by molar-refractivity contribution is 0.0946. The number of nitrogens with one attached hydrogen (secondary N) is 2. The highest BCUT2D eigenvalue weighted by Gasteiger charge is 2.20. The smallest absolute Gasteiger partial charge is 0.253 e. The number of benzene rings is 1. The number of halogens is 1. The Hall–Kier alpha value is -3.02. The lowest BCUT2D eigenvalue weighted by Gasteiger charge is -2.10. The van der Waals surface area contributed by atoms with Crippen LogP contribution in [0.4, 0.5) is 4.39 Å². The Balaban J connectivity index is 1.78. The number of aromatic nitrogens is 3. The van der Waals surface area contributed by atoms with Gasteiger partial charge < -0.3 is 10.3 Å². The van der Waals surface area contributed by atoms with Crippen molar-refractivity contribution in [3.05, 3.63) is 59.2 Å². The van der Waals surface area contributed by atoms with Gasteiger partial charge in [0, 0.05) is 30.4 Å². The summed E-state index contributed by atoms with van der Waals surface area (Å²) in [7, 11) is 0. The van der Waals surface area contributed by atoms with Crippen molar-refractivity contribution in [3.8, 4) is 22.8 Å². The molecule has 0 saturated heterocycles. The maximum atomic E-state index is 13.8. The summed E-state index contributed by atoms with van der Waals surface area (Å²) in [6.07, 6.45) is 2.41. The molecule has 1 aliphatic rings. The lowest BCUT2D eigenvalue weighted by atomic mass is 10.1. The van der Waals surface area contributed by atoms with Gasteiger partial charge in [0.1, 0.15) is 5.82 Å². The van der Waals surface area contributed by atoms with E-state index in [0.717, 1.165) is 17.8 Å². The zero-order valence-corrected chi connectivity index (χ0v) is 13.1. The number of hydrogen-bond acceptors (Lipinski definition) is 3. The van der Waals surface area contributed by atoms with Gasteiger partial charge in [-0.05, 0) is 30.7 Å². The third-order valence-corrected chi connectivity index (χ3v) is 4.24. The molecule has 1 aliphatic heterocycles. The van der Waals surface area contributed by atoms with Crippen molar-refractivity contribution in [2.45, 2.75) is 13.3 Å². The van der Waals surface area contributed by atoms with Gasteiger partial charge in [-0.2, -0.15) is 0 Å². The first-order valence-corrected chi connectivity index (χ1v) is 7.72. The van der Waals surface area contributed by atoms with Crippen molar-refractivity contribution < 1.29 is 9.18 Å². The van der Waals surface area contributed by atoms with E-state index in [-0.39, 0.29) is 11.7 Å². The molecule has 0 radical (unpaired) electrons.